The molecule has 2 atom stereocenters. The third kappa shape index (κ3) is 5.17. The van der Waals surface area contributed by atoms with E-state index in [1.807, 2.05) is 0 Å². The maximum atomic E-state index is 11.5. The summed E-state index contributed by atoms with van der Waals surface area (Å²) in [6.07, 6.45) is 9.23. The van der Waals surface area contributed by atoms with Gasteiger partial charge in [0.05, 0.1) is 5.54 Å². The number of nitrogens with one attached hydrogen (secondary N) is 1. The van der Waals surface area contributed by atoms with Crippen molar-refractivity contribution in [1.82, 2.24) is 10.2 Å². The molecule has 2 unspecified atom stereocenters. The van der Waals surface area contributed by atoms with Crippen LogP contribution in [0.4, 0.5) is 4.79 Å². The molecule has 1 aliphatic rings. The lowest BCUT2D eigenvalue weighted by atomic mass is 9.78. The number of carbonyl (C=O) groups is 1. The van der Waals surface area contributed by atoms with Crippen molar-refractivity contribution in [3.63, 3.8) is 0 Å². The van der Waals surface area contributed by atoms with E-state index in [1.54, 1.807) is 4.90 Å². The molecule has 4 nitrogen and oxygen atoms in total. The molecule has 0 aliphatic carbocycles. The Hall–Kier alpha value is -0.770. The van der Waals surface area contributed by atoms with Crippen molar-refractivity contribution >= 4 is 6.09 Å². The number of amides is 1. The molecule has 0 aromatic rings. The maximum Gasteiger partial charge on any atom is 0.407 e. The first kappa shape index (κ1) is 18.3. The quantitative estimate of drug-likeness (QED) is 0.630. The monoisotopic (exact) mass is 298 g/mol. The molecule has 0 spiro atoms. The third-order valence-corrected chi connectivity index (χ3v) is 5.12. The van der Waals surface area contributed by atoms with Gasteiger partial charge < -0.3 is 15.3 Å². The molecular formula is C17H34N2O2. The van der Waals surface area contributed by atoms with Crippen molar-refractivity contribution in [3.8, 4) is 0 Å². The normalized spacial score (nSPS) is 24.0. The Bertz CT molecular complexity index is 309. The molecule has 0 aromatic carbocycles. The number of rotatable bonds is 9. The predicted octanol–water partition coefficient (Wildman–Crippen LogP) is 4.11. The van der Waals surface area contributed by atoms with Gasteiger partial charge in [-0.25, -0.2) is 4.79 Å². The number of hydrogen-bond acceptors (Lipinski definition) is 2. The van der Waals surface area contributed by atoms with Crippen molar-refractivity contribution in [1.29, 1.82) is 0 Å². The number of carboxylic acid groups (broad SMARTS) is 1. The van der Waals surface area contributed by atoms with E-state index in [0.29, 0.717) is 12.5 Å². The standard InChI is InChI=1S/C17H34N2O2/c1-4-6-7-8-9-10-11-15(5-2)17(3)14-18-12-13-19(17)16(20)21/h15,18H,4-14H2,1-3H3,(H,20,21). The molecule has 0 radical (unpaired) electrons. The summed E-state index contributed by atoms with van der Waals surface area (Å²) in [6, 6.07) is 0. The number of piperazine rings is 1. The summed E-state index contributed by atoms with van der Waals surface area (Å²) in [5, 5.41) is 12.9. The molecule has 21 heavy (non-hydrogen) atoms. The average Bonchev–Trinajstić information content (AvgIpc) is 2.46. The van der Waals surface area contributed by atoms with Crippen molar-refractivity contribution in [2.75, 3.05) is 19.6 Å². The molecule has 1 aliphatic heterocycles. The first-order chi connectivity index (χ1) is 10.1. The number of hydrogen-bond donors (Lipinski definition) is 2. The summed E-state index contributed by atoms with van der Waals surface area (Å²) in [6.45, 7) is 8.73. The van der Waals surface area contributed by atoms with E-state index in [1.165, 1.54) is 38.5 Å². The zero-order chi connectivity index (χ0) is 15.7. The van der Waals surface area contributed by atoms with E-state index >= 15 is 0 Å². The number of unbranched alkanes of at least 4 members (excludes halogenated alkanes) is 5. The highest BCUT2D eigenvalue weighted by molar-refractivity contribution is 5.66. The van der Waals surface area contributed by atoms with E-state index in [9.17, 15) is 9.90 Å². The van der Waals surface area contributed by atoms with Crippen molar-refractivity contribution in [2.45, 2.75) is 77.7 Å². The fraction of sp³-hybridized carbons (Fsp3) is 0.941. The molecule has 1 heterocycles. The van der Waals surface area contributed by atoms with Gasteiger partial charge in [0, 0.05) is 19.6 Å². The SMILES string of the molecule is CCCCCCCCC(CC)C1(C)CNCCN1C(=O)O. The lowest BCUT2D eigenvalue weighted by Crippen LogP contribution is -2.64. The van der Waals surface area contributed by atoms with Crippen LogP contribution >= 0.6 is 0 Å². The Kier molecular flexibility index (Phi) is 8.09. The van der Waals surface area contributed by atoms with Crippen LogP contribution in [0.5, 0.6) is 0 Å². The lowest BCUT2D eigenvalue weighted by Gasteiger charge is -2.48. The molecule has 0 bridgehead atoms. The number of nitrogens with zero attached hydrogens (tertiary/aromatic N) is 1. The zero-order valence-corrected chi connectivity index (χ0v) is 14.2. The van der Waals surface area contributed by atoms with Gasteiger partial charge in [-0.1, -0.05) is 58.8 Å². The average molecular weight is 298 g/mol. The van der Waals surface area contributed by atoms with Gasteiger partial charge in [0.2, 0.25) is 0 Å². The molecule has 124 valence electrons. The highest BCUT2D eigenvalue weighted by Crippen LogP contribution is 2.33. The van der Waals surface area contributed by atoms with Crippen LogP contribution in [-0.4, -0.2) is 41.3 Å². The van der Waals surface area contributed by atoms with Crippen LogP contribution in [0.1, 0.15) is 72.1 Å². The summed E-state index contributed by atoms with van der Waals surface area (Å²) in [4.78, 5) is 13.2. The van der Waals surface area contributed by atoms with Gasteiger partial charge in [-0.2, -0.15) is 0 Å². The Balaban J connectivity index is 2.49. The Labute approximate surface area is 130 Å². The van der Waals surface area contributed by atoms with Gasteiger partial charge >= 0.3 is 6.09 Å². The highest BCUT2D eigenvalue weighted by Gasteiger charge is 2.42. The highest BCUT2D eigenvalue weighted by atomic mass is 16.4. The minimum atomic E-state index is -0.764. The molecule has 4 heteroatoms. The van der Waals surface area contributed by atoms with E-state index in [0.717, 1.165) is 25.9 Å². The van der Waals surface area contributed by atoms with Gasteiger partial charge in [0.1, 0.15) is 0 Å². The summed E-state index contributed by atoms with van der Waals surface area (Å²) in [5.74, 6) is 0.451. The molecule has 0 saturated carbocycles. The van der Waals surface area contributed by atoms with E-state index < -0.39 is 6.09 Å². The molecule has 1 saturated heterocycles. The first-order valence-electron chi connectivity index (χ1n) is 8.77. The second-order valence-corrected chi connectivity index (χ2v) is 6.63. The van der Waals surface area contributed by atoms with E-state index in [4.69, 9.17) is 0 Å². The molecule has 2 N–H and O–H groups in total. The first-order valence-corrected chi connectivity index (χ1v) is 8.77. The van der Waals surface area contributed by atoms with Gasteiger partial charge in [-0.3, -0.25) is 0 Å². The third-order valence-electron chi connectivity index (χ3n) is 5.12. The minimum Gasteiger partial charge on any atom is -0.465 e. The largest absolute Gasteiger partial charge is 0.465 e. The molecule has 1 rings (SSSR count). The topological polar surface area (TPSA) is 52.6 Å². The van der Waals surface area contributed by atoms with Gasteiger partial charge in [0.15, 0.2) is 0 Å². The van der Waals surface area contributed by atoms with Crippen LogP contribution < -0.4 is 5.32 Å². The van der Waals surface area contributed by atoms with Crippen LogP contribution in [0.25, 0.3) is 0 Å². The van der Waals surface area contributed by atoms with Crippen LogP contribution in [0.3, 0.4) is 0 Å². The summed E-state index contributed by atoms with van der Waals surface area (Å²) >= 11 is 0. The van der Waals surface area contributed by atoms with Crippen molar-refractivity contribution < 1.29 is 9.90 Å². The molecule has 1 fully saturated rings. The summed E-state index contributed by atoms with van der Waals surface area (Å²) in [5.41, 5.74) is -0.248. The molecule has 0 aromatic heterocycles. The second-order valence-electron chi connectivity index (χ2n) is 6.63. The van der Waals surface area contributed by atoms with Crippen LogP contribution in [0.15, 0.2) is 0 Å². The lowest BCUT2D eigenvalue weighted by molar-refractivity contribution is 0.0243. The fourth-order valence-corrected chi connectivity index (χ4v) is 3.69. The zero-order valence-electron chi connectivity index (χ0n) is 14.2. The van der Waals surface area contributed by atoms with Crippen LogP contribution in [0, 0.1) is 5.92 Å². The van der Waals surface area contributed by atoms with E-state index in [-0.39, 0.29) is 5.54 Å². The Morgan fingerprint density at radius 3 is 2.52 bits per heavy atom. The second kappa shape index (κ2) is 9.29. The predicted molar refractivity (Wildman–Crippen MR) is 87.8 cm³/mol. The Morgan fingerprint density at radius 1 is 1.24 bits per heavy atom. The molecular weight excluding hydrogens is 264 g/mol. The smallest absolute Gasteiger partial charge is 0.407 e. The Morgan fingerprint density at radius 2 is 1.90 bits per heavy atom. The van der Waals surface area contributed by atoms with Gasteiger partial charge in [-0.15, -0.1) is 0 Å². The minimum absolute atomic E-state index is 0.248. The van der Waals surface area contributed by atoms with Crippen molar-refractivity contribution in [3.05, 3.63) is 0 Å². The van der Waals surface area contributed by atoms with Crippen molar-refractivity contribution in [2.24, 2.45) is 5.92 Å². The van der Waals surface area contributed by atoms with Gasteiger partial charge in [0.25, 0.3) is 0 Å². The fourth-order valence-electron chi connectivity index (χ4n) is 3.69. The van der Waals surface area contributed by atoms with Crippen LogP contribution in [-0.2, 0) is 0 Å². The van der Waals surface area contributed by atoms with Crippen LogP contribution in [0.2, 0.25) is 0 Å². The molecule has 1 amide bonds. The van der Waals surface area contributed by atoms with Gasteiger partial charge in [-0.05, 0) is 19.3 Å². The van der Waals surface area contributed by atoms with E-state index in [2.05, 4.69) is 26.1 Å². The maximum absolute atomic E-state index is 11.5. The summed E-state index contributed by atoms with van der Waals surface area (Å²) in [7, 11) is 0. The summed E-state index contributed by atoms with van der Waals surface area (Å²) < 4.78 is 0.